The Bertz CT molecular complexity index is 764. The van der Waals surface area contributed by atoms with Crippen molar-refractivity contribution in [3.8, 4) is 0 Å². The molecule has 2 rings (SSSR count). The van der Waals surface area contributed by atoms with Crippen molar-refractivity contribution in [3.05, 3.63) is 59.3 Å². The summed E-state index contributed by atoms with van der Waals surface area (Å²) in [6.45, 7) is 0. The molecular weight excluding hydrogens is 302 g/mol. The van der Waals surface area contributed by atoms with Gasteiger partial charge in [0.25, 0.3) is 10.0 Å². The summed E-state index contributed by atoms with van der Waals surface area (Å²) >= 11 is 0. The largest absolute Gasteiger partial charge is 0.276 e. The van der Waals surface area contributed by atoms with E-state index in [0.717, 1.165) is 16.5 Å². The third kappa shape index (κ3) is 5.17. The average molecular weight is 319 g/mol. The van der Waals surface area contributed by atoms with Crippen molar-refractivity contribution in [1.29, 1.82) is 0 Å². The van der Waals surface area contributed by atoms with Crippen LogP contribution in [0, 0.1) is 0 Å². The van der Waals surface area contributed by atoms with Gasteiger partial charge in [0.15, 0.2) is 0 Å². The molecule has 7 heteroatoms. The summed E-state index contributed by atoms with van der Waals surface area (Å²) < 4.78 is 27.2. The Morgan fingerprint density at radius 2 is 2.05 bits per heavy atom. The van der Waals surface area contributed by atoms with Crippen molar-refractivity contribution in [2.24, 2.45) is 7.05 Å². The minimum atomic E-state index is -3.78. The van der Waals surface area contributed by atoms with E-state index in [4.69, 9.17) is 0 Å². The lowest BCUT2D eigenvalue weighted by atomic mass is 10.2. The molecule has 0 saturated carbocycles. The van der Waals surface area contributed by atoms with Crippen LogP contribution in [0.2, 0.25) is 0 Å². The van der Waals surface area contributed by atoms with Gasteiger partial charge in [-0.05, 0) is 23.6 Å². The molecule has 0 aliphatic rings. The van der Waals surface area contributed by atoms with E-state index in [1.54, 1.807) is 48.4 Å². The molecule has 1 aromatic heterocycles. The molecule has 0 aliphatic carbocycles. The summed E-state index contributed by atoms with van der Waals surface area (Å²) in [5, 5.41) is 4.98. The maximum absolute atomic E-state index is 11.8. The number of rotatable bonds is 6. The van der Waals surface area contributed by atoms with Gasteiger partial charge in [0.2, 0.25) is 5.91 Å². The van der Waals surface area contributed by atoms with Crippen LogP contribution < -0.4 is 4.72 Å². The van der Waals surface area contributed by atoms with E-state index >= 15 is 0 Å². The lowest BCUT2D eigenvalue weighted by Crippen LogP contribution is -2.28. The normalized spacial score (nSPS) is 11.7. The number of nitrogens with one attached hydrogen (secondary N) is 1. The van der Waals surface area contributed by atoms with E-state index in [0.29, 0.717) is 6.42 Å². The summed E-state index contributed by atoms with van der Waals surface area (Å²) in [5.74, 6) is -0.540. The molecule has 0 aliphatic heterocycles. The zero-order valence-corrected chi connectivity index (χ0v) is 13.0. The fourth-order valence-corrected chi connectivity index (χ4v) is 2.66. The average Bonchev–Trinajstić information content (AvgIpc) is 2.90. The number of nitrogens with zero attached hydrogens (tertiary/aromatic N) is 2. The predicted molar refractivity (Wildman–Crippen MR) is 84.1 cm³/mol. The van der Waals surface area contributed by atoms with Crippen LogP contribution in [0.15, 0.2) is 48.1 Å². The van der Waals surface area contributed by atoms with Crippen molar-refractivity contribution in [1.82, 2.24) is 14.5 Å². The first-order valence-corrected chi connectivity index (χ1v) is 8.25. The maximum Gasteiger partial charge on any atom is 0.257 e. The Kier molecular flexibility index (Phi) is 5.11. The number of carbonyl (C=O) groups excluding carboxylic acids is 1. The summed E-state index contributed by atoms with van der Waals surface area (Å²) in [5.41, 5.74) is 1.63. The molecule has 0 saturated heterocycles. The van der Waals surface area contributed by atoms with E-state index in [2.05, 4.69) is 5.10 Å². The van der Waals surface area contributed by atoms with Crippen LogP contribution in [-0.4, -0.2) is 24.1 Å². The van der Waals surface area contributed by atoms with Crippen LogP contribution in [-0.2, 0) is 28.3 Å². The lowest BCUT2D eigenvalue weighted by Gasteiger charge is -2.02. The summed E-state index contributed by atoms with van der Waals surface area (Å²) in [4.78, 5) is 11.7. The van der Waals surface area contributed by atoms with Gasteiger partial charge in [-0.2, -0.15) is 5.10 Å². The Morgan fingerprint density at radius 3 is 2.68 bits per heavy atom. The monoisotopic (exact) mass is 319 g/mol. The molecule has 1 amide bonds. The molecule has 0 atom stereocenters. The van der Waals surface area contributed by atoms with Gasteiger partial charge in [-0.1, -0.05) is 30.3 Å². The van der Waals surface area contributed by atoms with Gasteiger partial charge in [0.05, 0.1) is 11.6 Å². The second-order valence-electron chi connectivity index (χ2n) is 4.81. The minimum Gasteiger partial charge on any atom is -0.276 e. The smallest absolute Gasteiger partial charge is 0.257 e. The Hall–Kier alpha value is -2.41. The van der Waals surface area contributed by atoms with Crippen LogP contribution in [0.5, 0.6) is 0 Å². The molecule has 22 heavy (non-hydrogen) atoms. The number of amides is 1. The van der Waals surface area contributed by atoms with E-state index in [-0.39, 0.29) is 6.42 Å². The number of hydrogen-bond donors (Lipinski definition) is 1. The van der Waals surface area contributed by atoms with Gasteiger partial charge in [-0.3, -0.25) is 9.48 Å². The third-order valence-corrected chi connectivity index (χ3v) is 3.90. The Balaban J connectivity index is 1.88. The van der Waals surface area contributed by atoms with Gasteiger partial charge in [-0.25, -0.2) is 13.1 Å². The van der Waals surface area contributed by atoms with Gasteiger partial charge < -0.3 is 0 Å². The summed E-state index contributed by atoms with van der Waals surface area (Å²) in [6.07, 6.45) is 5.41. The SMILES string of the molecule is Cn1cc(CCC(=O)NS(=O)(=O)/C=C/c2ccccc2)cn1. The van der Waals surface area contributed by atoms with Gasteiger partial charge >= 0.3 is 0 Å². The van der Waals surface area contributed by atoms with Crippen molar-refractivity contribution in [2.75, 3.05) is 0 Å². The van der Waals surface area contributed by atoms with Gasteiger partial charge in [0, 0.05) is 19.7 Å². The zero-order chi connectivity index (χ0) is 16.0. The number of carbonyl (C=O) groups is 1. The first-order valence-electron chi connectivity index (χ1n) is 6.71. The highest BCUT2D eigenvalue weighted by molar-refractivity contribution is 7.93. The number of hydrogen-bond acceptors (Lipinski definition) is 4. The standard InChI is InChI=1S/C15H17N3O3S/c1-18-12-14(11-16-18)7-8-15(19)17-22(20,21)10-9-13-5-3-2-4-6-13/h2-6,9-12H,7-8H2,1H3,(H,17,19)/b10-9+. The van der Waals surface area contributed by atoms with Crippen molar-refractivity contribution < 1.29 is 13.2 Å². The lowest BCUT2D eigenvalue weighted by molar-refractivity contribution is -0.119. The molecule has 1 aromatic carbocycles. The highest BCUT2D eigenvalue weighted by Crippen LogP contribution is 2.04. The van der Waals surface area contributed by atoms with Crippen LogP contribution in [0.3, 0.4) is 0 Å². The summed E-state index contributed by atoms with van der Waals surface area (Å²) in [7, 11) is -2.00. The molecule has 0 fully saturated rings. The highest BCUT2D eigenvalue weighted by Gasteiger charge is 2.11. The molecule has 6 nitrogen and oxygen atoms in total. The molecule has 0 unspecified atom stereocenters. The summed E-state index contributed by atoms with van der Waals surface area (Å²) in [6, 6.07) is 9.00. The van der Waals surface area contributed by atoms with E-state index in [9.17, 15) is 13.2 Å². The van der Waals surface area contributed by atoms with Crippen LogP contribution in [0.25, 0.3) is 6.08 Å². The Morgan fingerprint density at radius 1 is 1.32 bits per heavy atom. The third-order valence-electron chi connectivity index (χ3n) is 2.89. The van der Waals surface area contributed by atoms with Crippen LogP contribution in [0.4, 0.5) is 0 Å². The van der Waals surface area contributed by atoms with E-state index < -0.39 is 15.9 Å². The fraction of sp³-hybridized carbons (Fsp3) is 0.200. The van der Waals surface area contributed by atoms with Crippen LogP contribution >= 0.6 is 0 Å². The number of sulfonamides is 1. The second-order valence-corrected chi connectivity index (χ2v) is 6.37. The predicted octanol–water partition coefficient (Wildman–Crippen LogP) is 1.47. The molecule has 1 N–H and O–H groups in total. The Labute approximate surface area is 129 Å². The highest BCUT2D eigenvalue weighted by atomic mass is 32.2. The topological polar surface area (TPSA) is 81.1 Å². The molecule has 0 spiro atoms. The molecule has 1 heterocycles. The van der Waals surface area contributed by atoms with Crippen molar-refractivity contribution in [2.45, 2.75) is 12.8 Å². The zero-order valence-electron chi connectivity index (χ0n) is 12.1. The second kappa shape index (κ2) is 7.04. The van der Waals surface area contributed by atoms with E-state index in [1.807, 2.05) is 10.8 Å². The van der Waals surface area contributed by atoms with E-state index in [1.165, 1.54) is 6.08 Å². The van der Waals surface area contributed by atoms with Gasteiger partial charge in [-0.15, -0.1) is 0 Å². The number of benzene rings is 1. The first kappa shape index (κ1) is 16.0. The first-order chi connectivity index (χ1) is 10.4. The molecule has 0 bridgehead atoms. The maximum atomic E-state index is 11.8. The molecule has 2 aromatic rings. The number of aryl methyl sites for hydroxylation is 2. The fourth-order valence-electron chi connectivity index (χ4n) is 1.83. The molecule has 0 radical (unpaired) electrons. The molecular formula is C15H17N3O3S. The minimum absolute atomic E-state index is 0.0874. The quantitative estimate of drug-likeness (QED) is 0.874. The van der Waals surface area contributed by atoms with Crippen molar-refractivity contribution in [3.63, 3.8) is 0 Å². The van der Waals surface area contributed by atoms with Gasteiger partial charge in [0.1, 0.15) is 0 Å². The molecule has 116 valence electrons. The van der Waals surface area contributed by atoms with Crippen molar-refractivity contribution >= 4 is 22.0 Å². The van der Waals surface area contributed by atoms with Crippen LogP contribution in [0.1, 0.15) is 17.5 Å². The number of aromatic nitrogens is 2.